The van der Waals surface area contributed by atoms with E-state index >= 15 is 0 Å². The van der Waals surface area contributed by atoms with Gasteiger partial charge in [0.2, 0.25) is 5.91 Å². The molecule has 1 aliphatic heterocycles. The zero-order valence-corrected chi connectivity index (χ0v) is 15.1. The summed E-state index contributed by atoms with van der Waals surface area (Å²) in [6.45, 7) is 4.57. The molecule has 0 saturated carbocycles. The summed E-state index contributed by atoms with van der Waals surface area (Å²) >= 11 is 6.21. The lowest BCUT2D eigenvalue weighted by Crippen LogP contribution is -2.52. The molecule has 0 aliphatic carbocycles. The van der Waals surface area contributed by atoms with Crippen molar-refractivity contribution < 1.29 is 4.79 Å². The predicted molar refractivity (Wildman–Crippen MR) is 96.6 cm³/mol. The third kappa shape index (κ3) is 5.06. The van der Waals surface area contributed by atoms with Crippen LogP contribution in [0.5, 0.6) is 0 Å². The number of carbonyl (C=O) groups is 1. The van der Waals surface area contributed by atoms with Crippen LogP contribution in [0.4, 0.5) is 0 Å². The summed E-state index contributed by atoms with van der Waals surface area (Å²) in [6, 6.07) is 7.43. The molecule has 1 aromatic carbocycles. The van der Waals surface area contributed by atoms with Crippen molar-refractivity contribution in [3.63, 3.8) is 0 Å². The molecule has 5 nitrogen and oxygen atoms in total. The SMILES string of the molecule is CCC(N)(CC)CNC(=O)C1CC(c2ccccc2Cl)NN1.Cl. The Morgan fingerprint density at radius 2 is 2.00 bits per heavy atom. The minimum atomic E-state index is -0.330. The molecule has 1 heterocycles. The van der Waals surface area contributed by atoms with Gasteiger partial charge in [-0.05, 0) is 30.9 Å². The Hall–Kier alpha value is -0.850. The van der Waals surface area contributed by atoms with E-state index in [0.29, 0.717) is 18.0 Å². The number of carbonyl (C=O) groups excluding carboxylic acids is 1. The monoisotopic (exact) mass is 360 g/mol. The van der Waals surface area contributed by atoms with Crippen LogP contribution in [0, 0.1) is 0 Å². The predicted octanol–water partition coefficient (Wildman–Crippen LogP) is 2.30. The number of nitrogens with one attached hydrogen (secondary N) is 3. The lowest BCUT2D eigenvalue weighted by atomic mass is 9.94. The lowest BCUT2D eigenvalue weighted by molar-refractivity contribution is -0.123. The molecule has 1 fully saturated rings. The highest BCUT2D eigenvalue weighted by molar-refractivity contribution is 6.31. The molecule has 2 atom stereocenters. The Morgan fingerprint density at radius 1 is 1.35 bits per heavy atom. The number of hydrogen-bond acceptors (Lipinski definition) is 4. The van der Waals surface area contributed by atoms with Gasteiger partial charge < -0.3 is 11.1 Å². The van der Waals surface area contributed by atoms with Gasteiger partial charge in [-0.15, -0.1) is 12.4 Å². The molecule has 7 heteroatoms. The zero-order chi connectivity index (χ0) is 16.2. The van der Waals surface area contributed by atoms with E-state index in [1.807, 2.05) is 38.1 Å². The number of hydrogen-bond donors (Lipinski definition) is 4. The third-order valence-corrected chi connectivity index (χ3v) is 4.87. The van der Waals surface area contributed by atoms with Crippen molar-refractivity contribution in [3.05, 3.63) is 34.9 Å². The standard InChI is InChI=1S/C16H25ClN4O.ClH/c1-3-16(18,4-2)10-19-15(22)14-9-13(20-21-14)11-7-5-6-8-12(11)17;/h5-8,13-14,20-21H,3-4,9-10,18H2,1-2H3,(H,19,22);1H. The average Bonchev–Trinajstić information content (AvgIpc) is 3.02. The van der Waals surface area contributed by atoms with Crippen LogP contribution in [-0.4, -0.2) is 24.0 Å². The van der Waals surface area contributed by atoms with E-state index in [-0.39, 0.29) is 35.9 Å². The molecular formula is C16H26Cl2N4O. The van der Waals surface area contributed by atoms with Gasteiger partial charge in [-0.2, -0.15) is 0 Å². The molecule has 2 unspecified atom stereocenters. The minimum Gasteiger partial charge on any atom is -0.353 e. The van der Waals surface area contributed by atoms with Gasteiger partial charge in [0.05, 0.1) is 0 Å². The topological polar surface area (TPSA) is 79.2 Å². The Balaban J connectivity index is 0.00000264. The van der Waals surface area contributed by atoms with E-state index < -0.39 is 0 Å². The molecule has 1 aliphatic rings. The van der Waals surface area contributed by atoms with E-state index in [1.54, 1.807) is 0 Å². The maximum absolute atomic E-state index is 12.3. The molecule has 0 bridgehead atoms. The molecular weight excluding hydrogens is 335 g/mol. The molecule has 1 amide bonds. The van der Waals surface area contributed by atoms with Gasteiger partial charge in [-0.1, -0.05) is 43.6 Å². The normalized spacial score (nSPS) is 20.9. The number of hydrazine groups is 1. The molecule has 0 radical (unpaired) electrons. The summed E-state index contributed by atoms with van der Waals surface area (Å²) in [6.07, 6.45) is 2.33. The Morgan fingerprint density at radius 3 is 2.61 bits per heavy atom. The van der Waals surface area contributed by atoms with Crippen LogP contribution >= 0.6 is 24.0 Å². The fourth-order valence-electron chi connectivity index (χ4n) is 2.58. The van der Waals surface area contributed by atoms with Gasteiger partial charge in [0.25, 0.3) is 0 Å². The summed E-state index contributed by atoms with van der Waals surface area (Å²) in [5, 5.41) is 3.66. The highest BCUT2D eigenvalue weighted by Crippen LogP contribution is 2.28. The lowest BCUT2D eigenvalue weighted by Gasteiger charge is -2.27. The van der Waals surface area contributed by atoms with E-state index in [9.17, 15) is 4.79 Å². The van der Waals surface area contributed by atoms with E-state index in [0.717, 1.165) is 18.4 Å². The first kappa shape index (κ1) is 20.2. The second-order valence-corrected chi connectivity index (χ2v) is 6.35. The first-order valence-electron chi connectivity index (χ1n) is 7.81. The van der Waals surface area contributed by atoms with Crippen molar-refractivity contribution >= 4 is 29.9 Å². The second kappa shape index (κ2) is 8.85. The molecule has 1 saturated heterocycles. The Kier molecular flexibility index (Phi) is 7.77. The van der Waals surface area contributed by atoms with Crippen LogP contribution in [0.1, 0.15) is 44.7 Å². The summed E-state index contributed by atoms with van der Waals surface area (Å²) in [5.74, 6) is -0.0289. The molecule has 0 aromatic heterocycles. The van der Waals surface area contributed by atoms with Crippen molar-refractivity contribution in [1.82, 2.24) is 16.2 Å². The molecule has 0 spiro atoms. The summed E-state index contributed by atoms with van der Waals surface area (Å²) in [4.78, 5) is 12.3. The maximum Gasteiger partial charge on any atom is 0.238 e. The summed E-state index contributed by atoms with van der Waals surface area (Å²) in [5.41, 5.74) is 13.1. The van der Waals surface area contributed by atoms with Gasteiger partial charge in [0.1, 0.15) is 6.04 Å². The smallest absolute Gasteiger partial charge is 0.238 e. The fourth-order valence-corrected chi connectivity index (χ4v) is 2.84. The van der Waals surface area contributed by atoms with E-state index in [1.165, 1.54) is 0 Å². The van der Waals surface area contributed by atoms with Crippen LogP contribution in [0.25, 0.3) is 0 Å². The minimum absolute atomic E-state index is 0. The van der Waals surface area contributed by atoms with Crippen LogP contribution in [0.3, 0.4) is 0 Å². The highest BCUT2D eigenvalue weighted by atomic mass is 35.5. The van der Waals surface area contributed by atoms with Gasteiger partial charge in [0.15, 0.2) is 0 Å². The Labute approximate surface area is 149 Å². The molecule has 2 rings (SSSR count). The van der Waals surface area contributed by atoms with Crippen molar-refractivity contribution in [1.29, 1.82) is 0 Å². The maximum atomic E-state index is 12.3. The summed E-state index contributed by atoms with van der Waals surface area (Å²) in [7, 11) is 0. The Bertz CT molecular complexity index is 523. The van der Waals surface area contributed by atoms with Crippen molar-refractivity contribution in [2.45, 2.75) is 50.7 Å². The second-order valence-electron chi connectivity index (χ2n) is 5.94. The first-order chi connectivity index (χ1) is 10.5. The fraction of sp³-hybridized carbons (Fsp3) is 0.562. The van der Waals surface area contributed by atoms with E-state index in [4.69, 9.17) is 17.3 Å². The van der Waals surface area contributed by atoms with Crippen molar-refractivity contribution in [2.24, 2.45) is 5.73 Å². The summed E-state index contributed by atoms with van der Waals surface area (Å²) < 4.78 is 0. The number of halogens is 2. The van der Waals surface area contributed by atoms with Gasteiger partial charge in [-0.25, -0.2) is 10.9 Å². The van der Waals surface area contributed by atoms with Gasteiger partial charge in [-0.3, -0.25) is 4.79 Å². The van der Waals surface area contributed by atoms with Gasteiger partial charge >= 0.3 is 0 Å². The molecule has 1 aromatic rings. The number of nitrogens with two attached hydrogens (primary N) is 1. The van der Waals surface area contributed by atoms with Crippen LogP contribution in [0.15, 0.2) is 24.3 Å². The quantitative estimate of drug-likeness (QED) is 0.627. The van der Waals surface area contributed by atoms with Crippen LogP contribution < -0.4 is 21.9 Å². The molecule has 130 valence electrons. The largest absolute Gasteiger partial charge is 0.353 e. The number of rotatable bonds is 6. The van der Waals surface area contributed by atoms with E-state index in [2.05, 4.69) is 16.2 Å². The van der Waals surface area contributed by atoms with Crippen LogP contribution in [-0.2, 0) is 4.79 Å². The average molecular weight is 361 g/mol. The zero-order valence-electron chi connectivity index (χ0n) is 13.6. The number of amides is 1. The first-order valence-corrected chi connectivity index (χ1v) is 8.19. The highest BCUT2D eigenvalue weighted by Gasteiger charge is 2.32. The number of benzene rings is 1. The van der Waals surface area contributed by atoms with Crippen LogP contribution in [0.2, 0.25) is 5.02 Å². The third-order valence-electron chi connectivity index (χ3n) is 4.52. The molecule has 23 heavy (non-hydrogen) atoms. The molecule has 5 N–H and O–H groups in total. The van der Waals surface area contributed by atoms with Gasteiger partial charge in [0, 0.05) is 23.1 Å². The van der Waals surface area contributed by atoms with Crippen molar-refractivity contribution in [3.8, 4) is 0 Å². The van der Waals surface area contributed by atoms with Crippen molar-refractivity contribution in [2.75, 3.05) is 6.54 Å².